The van der Waals surface area contributed by atoms with Crippen LogP contribution >= 0.6 is 22.6 Å². The first kappa shape index (κ1) is 25.5. The van der Waals surface area contributed by atoms with Gasteiger partial charge in [-0.05, 0) is 97.2 Å². The number of carbonyl (C=O) groups excluding carboxylic acids is 1. The zero-order chi connectivity index (χ0) is 26.6. The molecule has 0 bridgehead atoms. The van der Waals surface area contributed by atoms with Crippen LogP contribution in [0.2, 0.25) is 0 Å². The second kappa shape index (κ2) is 9.63. The van der Waals surface area contributed by atoms with Gasteiger partial charge in [0.1, 0.15) is 17.4 Å². The lowest BCUT2D eigenvalue weighted by atomic mass is 9.93. The van der Waals surface area contributed by atoms with Crippen LogP contribution < -0.4 is 11.2 Å². The van der Waals surface area contributed by atoms with Crippen LogP contribution in [-0.2, 0) is 17.6 Å². The van der Waals surface area contributed by atoms with Crippen LogP contribution in [-0.4, -0.2) is 10.4 Å². The summed E-state index contributed by atoms with van der Waals surface area (Å²) in [5, 5.41) is 0.152. The lowest BCUT2D eigenvalue weighted by molar-refractivity contribution is -0.116. The zero-order valence-electron chi connectivity index (χ0n) is 20.6. The molecule has 0 atom stereocenters. The summed E-state index contributed by atoms with van der Waals surface area (Å²) in [6.07, 6.45) is 1.73. The maximum atomic E-state index is 15.3. The van der Waals surface area contributed by atoms with Crippen molar-refractivity contribution in [3.8, 4) is 11.1 Å². The number of aromatic nitrogens is 1. The number of Topliss-reactive ketones (excluding diaryl/α,β-unsaturated/α-hetero) is 1. The van der Waals surface area contributed by atoms with Gasteiger partial charge in [-0.2, -0.15) is 0 Å². The number of halogens is 3. The second-order valence-electron chi connectivity index (χ2n) is 9.67. The van der Waals surface area contributed by atoms with Crippen LogP contribution in [0.1, 0.15) is 53.8 Å². The molecule has 2 aromatic carbocycles. The van der Waals surface area contributed by atoms with Crippen molar-refractivity contribution in [2.24, 2.45) is 0 Å². The van der Waals surface area contributed by atoms with Gasteiger partial charge >= 0.3 is 5.63 Å². The van der Waals surface area contributed by atoms with Crippen LogP contribution in [0.15, 0.2) is 50.4 Å². The van der Waals surface area contributed by atoms with E-state index in [9.17, 15) is 18.8 Å². The number of benzene rings is 2. The maximum Gasteiger partial charge on any atom is 0.339 e. The summed E-state index contributed by atoms with van der Waals surface area (Å²) in [5.74, 6) is -1.08. The minimum absolute atomic E-state index is 0.00591. The summed E-state index contributed by atoms with van der Waals surface area (Å²) in [6.45, 7) is 4.72. The molecule has 1 saturated carbocycles. The Morgan fingerprint density at radius 2 is 1.81 bits per heavy atom. The lowest BCUT2D eigenvalue weighted by Gasteiger charge is -2.19. The van der Waals surface area contributed by atoms with Crippen molar-refractivity contribution in [2.75, 3.05) is 0 Å². The summed E-state index contributed by atoms with van der Waals surface area (Å²) in [7, 11) is 0. The molecule has 8 heteroatoms. The third-order valence-corrected chi connectivity index (χ3v) is 7.58. The number of hydrogen-bond acceptors (Lipinski definition) is 4. The second-order valence-corrected chi connectivity index (χ2v) is 10.9. The molecule has 0 saturated heterocycles. The predicted octanol–water partition coefficient (Wildman–Crippen LogP) is 6.18. The lowest BCUT2D eigenvalue weighted by Crippen LogP contribution is -2.26. The Labute approximate surface area is 225 Å². The Balaban J connectivity index is 1.88. The van der Waals surface area contributed by atoms with Crippen molar-refractivity contribution >= 4 is 39.3 Å². The standard InChI is InChI=1S/C29H24F2INO4/c1-14(34)10-17-4-9-23(30)22(11-17)25-16(3)33(20-7-8-20)28(35)26-21(15(2)29(36)37-27(25)26)12-18-5-6-19(32)13-24(18)31/h4-6,9,11,13,20H,7-8,10,12H2,1-3H3. The average Bonchev–Trinajstić information content (AvgIpc) is 3.65. The van der Waals surface area contributed by atoms with E-state index in [1.165, 1.54) is 19.1 Å². The summed E-state index contributed by atoms with van der Waals surface area (Å²) in [5.41, 5.74) is 1.43. The molecule has 0 N–H and O–H groups in total. The fraction of sp³-hybridized carbons (Fsp3) is 0.276. The molecule has 5 nitrogen and oxygen atoms in total. The SMILES string of the molecule is CC(=O)Cc1ccc(F)c(-c2c(C)n(C3CC3)c(=O)c3c(Cc4ccc(I)cc4F)c(C)c(=O)oc23)c1. The van der Waals surface area contributed by atoms with Gasteiger partial charge in [-0.25, -0.2) is 13.6 Å². The molecule has 0 radical (unpaired) electrons. The monoisotopic (exact) mass is 615 g/mol. The van der Waals surface area contributed by atoms with Gasteiger partial charge in [0.25, 0.3) is 5.56 Å². The van der Waals surface area contributed by atoms with E-state index in [1.54, 1.807) is 42.7 Å². The summed E-state index contributed by atoms with van der Waals surface area (Å²) in [6, 6.07) is 9.13. The molecule has 0 spiro atoms. The van der Waals surface area contributed by atoms with Gasteiger partial charge in [0.15, 0.2) is 5.58 Å². The smallest absolute Gasteiger partial charge is 0.339 e. The van der Waals surface area contributed by atoms with E-state index in [-0.39, 0.29) is 52.3 Å². The zero-order valence-corrected chi connectivity index (χ0v) is 22.7. The van der Waals surface area contributed by atoms with Gasteiger partial charge in [-0.15, -0.1) is 0 Å². The molecule has 37 heavy (non-hydrogen) atoms. The van der Waals surface area contributed by atoms with E-state index in [4.69, 9.17) is 4.42 Å². The van der Waals surface area contributed by atoms with Crippen LogP contribution in [0.4, 0.5) is 8.78 Å². The molecule has 1 fully saturated rings. The first-order valence-electron chi connectivity index (χ1n) is 12.0. The molecule has 190 valence electrons. The molecule has 4 aromatic rings. The highest BCUT2D eigenvalue weighted by molar-refractivity contribution is 14.1. The molecule has 5 rings (SSSR count). The molecular formula is C29H24F2INO4. The fourth-order valence-corrected chi connectivity index (χ4v) is 5.41. The molecule has 0 unspecified atom stereocenters. The van der Waals surface area contributed by atoms with Gasteiger partial charge in [0.2, 0.25) is 0 Å². The highest BCUT2D eigenvalue weighted by Gasteiger charge is 2.32. The Morgan fingerprint density at radius 1 is 1.08 bits per heavy atom. The highest BCUT2D eigenvalue weighted by Crippen LogP contribution is 2.40. The Morgan fingerprint density at radius 3 is 2.46 bits per heavy atom. The van der Waals surface area contributed by atoms with Crippen molar-refractivity contribution < 1.29 is 18.0 Å². The number of hydrogen-bond donors (Lipinski definition) is 0. The van der Waals surface area contributed by atoms with Crippen LogP contribution in [0.3, 0.4) is 0 Å². The van der Waals surface area contributed by atoms with Crippen molar-refractivity contribution in [1.82, 2.24) is 4.57 Å². The predicted molar refractivity (Wildman–Crippen MR) is 146 cm³/mol. The highest BCUT2D eigenvalue weighted by atomic mass is 127. The summed E-state index contributed by atoms with van der Waals surface area (Å²) >= 11 is 2.02. The molecular weight excluding hydrogens is 591 g/mol. The first-order chi connectivity index (χ1) is 17.6. The number of rotatable bonds is 6. The van der Waals surface area contributed by atoms with Gasteiger partial charge in [-0.1, -0.05) is 12.1 Å². The summed E-state index contributed by atoms with van der Waals surface area (Å²) in [4.78, 5) is 38.6. The van der Waals surface area contributed by atoms with Gasteiger partial charge in [-0.3, -0.25) is 9.59 Å². The van der Waals surface area contributed by atoms with E-state index in [0.29, 0.717) is 27.9 Å². The molecule has 0 aliphatic heterocycles. The van der Waals surface area contributed by atoms with Crippen LogP contribution in [0.25, 0.3) is 22.1 Å². The topological polar surface area (TPSA) is 69.3 Å². The normalized spacial score (nSPS) is 13.4. The largest absolute Gasteiger partial charge is 0.422 e. The third kappa shape index (κ3) is 4.67. The van der Waals surface area contributed by atoms with E-state index >= 15 is 4.39 Å². The minimum atomic E-state index is -0.669. The average molecular weight is 615 g/mol. The minimum Gasteiger partial charge on any atom is -0.422 e. The molecule has 0 amide bonds. The number of ketones is 1. The molecule has 2 heterocycles. The van der Waals surface area contributed by atoms with Crippen molar-refractivity contribution in [2.45, 2.75) is 52.5 Å². The quantitative estimate of drug-likeness (QED) is 0.243. The number of fused-ring (bicyclic) bond motifs is 1. The Hall–Kier alpha value is -3.14. The van der Waals surface area contributed by atoms with Gasteiger partial charge in [0, 0.05) is 44.8 Å². The van der Waals surface area contributed by atoms with Crippen molar-refractivity contribution in [3.63, 3.8) is 0 Å². The molecule has 1 aliphatic rings. The van der Waals surface area contributed by atoms with E-state index in [0.717, 1.165) is 16.4 Å². The third-order valence-electron chi connectivity index (χ3n) is 6.91. The number of carbonyl (C=O) groups is 1. The van der Waals surface area contributed by atoms with Crippen LogP contribution in [0.5, 0.6) is 0 Å². The Kier molecular flexibility index (Phi) is 6.64. The summed E-state index contributed by atoms with van der Waals surface area (Å²) < 4.78 is 38.2. The number of pyridine rings is 1. The fourth-order valence-electron chi connectivity index (χ4n) is 4.96. The van der Waals surface area contributed by atoms with Crippen molar-refractivity contribution in [1.29, 1.82) is 0 Å². The first-order valence-corrected chi connectivity index (χ1v) is 13.1. The van der Waals surface area contributed by atoms with Crippen LogP contribution in [0, 0.1) is 29.1 Å². The number of nitrogens with zero attached hydrogens (tertiary/aromatic N) is 1. The maximum absolute atomic E-state index is 15.3. The van der Waals surface area contributed by atoms with Crippen molar-refractivity contribution in [3.05, 3.63) is 100 Å². The van der Waals surface area contributed by atoms with Gasteiger partial charge < -0.3 is 8.98 Å². The molecule has 2 aromatic heterocycles. The Bertz CT molecular complexity index is 1720. The van der Waals surface area contributed by atoms with Gasteiger partial charge in [0.05, 0.1) is 5.39 Å². The molecule has 1 aliphatic carbocycles. The van der Waals surface area contributed by atoms with E-state index < -0.39 is 17.3 Å². The van der Waals surface area contributed by atoms with E-state index in [1.807, 2.05) is 22.6 Å². The van der Waals surface area contributed by atoms with E-state index in [2.05, 4.69) is 0 Å².